The molecule has 0 saturated heterocycles. The standard InChI is InChI=1S/C21H19ClFN3O2/c1-28-12-4-11-26-20(15-5-2-3-6-16(15)23)17-18(24-25-19(17)21(26)27)13-7-9-14(22)10-8-13/h2-3,5-10,20H,4,11-12H2,1H3,(H,24,25). The Morgan fingerprint density at radius 3 is 2.68 bits per heavy atom. The molecule has 0 saturated carbocycles. The zero-order chi connectivity index (χ0) is 19.7. The molecule has 3 aromatic rings. The molecule has 2 heterocycles. The Bertz CT molecular complexity index is 1000. The van der Waals surface area contributed by atoms with Crippen molar-refractivity contribution in [2.24, 2.45) is 0 Å². The van der Waals surface area contributed by atoms with E-state index in [0.29, 0.717) is 47.1 Å². The molecule has 5 nitrogen and oxygen atoms in total. The number of H-pyrrole nitrogens is 1. The van der Waals surface area contributed by atoms with E-state index < -0.39 is 6.04 Å². The maximum Gasteiger partial charge on any atom is 0.273 e. The van der Waals surface area contributed by atoms with Crippen molar-refractivity contribution >= 4 is 17.5 Å². The van der Waals surface area contributed by atoms with Crippen molar-refractivity contribution < 1.29 is 13.9 Å². The second-order valence-corrected chi connectivity index (χ2v) is 7.07. The van der Waals surface area contributed by atoms with Crippen molar-refractivity contribution in [3.05, 3.63) is 76.2 Å². The van der Waals surface area contributed by atoms with Crippen LogP contribution in [0.5, 0.6) is 0 Å². The second-order valence-electron chi connectivity index (χ2n) is 6.64. The maximum atomic E-state index is 14.7. The predicted molar refractivity (Wildman–Crippen MR) is 105 cm³/mol. The average Bonchev–Trinajstić information content (AvgIpc) is 3.23. The van der Waals surface area contributed by atoms with Crippen molar-refractivity contribution in [3.63, 3.8) is 0 Å². The molecule has 0 aliphatic carbocycles. The Kier molecular flexibility index (Phi) is 5.15. The number of carbonyl (C=O) groups is 1. The van der Waals surface area contributed by atoms with Gasteiger partial charge >= 0.3 is 0 Å². The van der Waals surface area contributed by atoms with Gasteiger partial charge in [0.15, 0.2) is 0 Å². The fraction of sp³-hybridized carbons (Fsp3) is 0.238. The van der Waals surface area contributed by atoms with Crippen LogP contribution >= 0.6 is 11.6 Å². The number of halogens is 2. The van der Waals surface area contributed by atoms with Gasteiger partial charge in [0.1, 0.15) is 11.5 Å². The number of ether oxygens (including phenoxy) is 1. The van der Waals surface area contributed by atoms with Crippen LogP contribution in [0.4, 0.5) is 4.39 Å². The first-order chi connectivity index (χ1) is 13.6. The molecule has 144 valence electrons. The second kappa shape index (κ2) is 7.73. The topological polar surface area (TPSA) is 58.2 Å². The van der Waals surface area contributed by atoms with E-state index in [4.69, 9.17) is 16.3 Å². The normalized spacial score (nSPS) is 15.9. The molecule has 1 aliphatic rings. The highest BCUT2D eigenvalue weighted by Gasteiger charge is 2.42. The molecule has 0 fully saturated rings. The van der Waals surface area contributed by atoms with E-state index in [9.17, 15) is 9.18 Å². The minimum Gasteiger partial charge on any atom is -0.385 e. The van der Waals surface area contributed by atoms with Gasteiger partial charge in [-0.15, -0.1) is 0 Å². The first-order valence-electron chi connectivity index (χ1n) is 9.00. The summed E-state index contributed by atoms with van der Waals surface area (Å²) in [7, 11) is 1.62. The SMILES string of the molecule is COCCCN1C(=O)c2[nH]nc(-c3ccc(Cl)cc3)c2C1c1ccccc1F. The Balaban J connectivity index is 1.83. The molecule has 1 aromatic heterocycles. The van der Waals surface area contributed by atoms with Crippen molar-refractivity contribution in [1.29, 1.82) is 0 Å². The number of benzene rings is 2. The largest absolute Gasteiger partial charge is 0.385 e. The monoisotopic (exact) mass is 399 g/mol. The highest BCUT2D eigenvalue weighted by atomic mass is 35.5. The van der Waals surface area contributed by atoms with Gasteiger partial charge in [-0.25, -0.2) is 4.39 Å². The number of fused-ring (bicyclic) bond motifs is 1. The molecule has 4 rings (SSSR count). The van der Waals surface area contributed by atoms with Crippen LogP contribution in [0.3, 0.4) is 0 Å². The summed E-state index contributed by atoms with van der Waals surface area (Å²) in [5.74, 6) is -0.541. The summed E-state index contributed by atoms with van der Waals surface area (Å²) in [6.07, 6.45) is 0.654. The van der Waals surface area contributed by atoms with E-state index in [1.165, 1.54) is 6.07 Å². The van der Waals surface area contributed by atoms with E-state index in [2.05, 4.69) is 10.2 Å². The minimum atomic E-state index is -0.551. The zero-order valence-electron chi connectivity index (χ0n) is 15.3. The number of hydrogen-bond acceptors (Lipinski definition) is 3. The van der Waals surface area contributed by atoms with Gasteiger partial charge in [-0.3, -0.25) is 9.89 Å². The van der Waals surface area contributed by atoms with Crippen LogP contribution in [0.1, 0.15) is 34.1 Å². The molecule has 0 bridgehead atoms. The summed E-state index contributed by atoms with van der Waals surface area (Å²) in [5, 5.41) is 7.83. The molecular formula is C21H19ClFN3O2. The number of aromatic amines is 1. The van der Waals surface area contributed by atoms with E-state index >= 15 is 0 Å². The highest BCUT2D eigenvalue weighted by molar-refractivity contribution is 6.30. The molecular weight excluding hydrogens is 381 g/mol. The summed E-state index contributed by atoms with van der Waals surface area (Å²) in [6, 6.07) is 13.2. The Labute approximate surface area is 167 Å². The lowest BCUT2D eigenvalue weighted by molar-refractivity contribution is 0.0721. The molecule has 1 aliphatic heterocycles. The zero-order valence-corrected chi connectivity index (χ0v) is 16.0. The summed E-state index contributed by atoms with van der Waals surface area (Å²) >= 11 is 6.00. The summed E-state index contributed by atoms with van der Waals surface area (Å²) in [6.45, 7) is 0.970. The molecule has 1 atom stereocenters. The summed E-state index contributed by atoms with van der Waals surface area (Å²) in [4.78, 5) is 14.7. The molecule has 1 N–H and O–H groups in total. The lowest BCUT2D eigenvalue weighted by Crippen LogP contribution is -2.31. The average molecular weight is 400 g/mol. The number of amides is 1. The quantitative estimate of drug-likeness (QED) is 0.623. The van der Waals surface area contributed by atoms with Gasteiger partial charge in [-0.05, 0) is 24.6 Å². The third-order valence-electron chi connectivity index (χ3n) is 4.93. The number of nitrogens with one attached hydrogen (secondary N) is 1. The van der Waals surface area contributed by atoms with Gasteiger partial charge in [0, 0.05) is 42.0 Å². The Hall–Kier alpha value is -2.70. The van der Waals surface area contributed by atoms with Crippen LogP contribution in [0.2, 0.25) is 5.02 Å². The lowest BCUT2D eigenvalue weighted by Gasteiger charge is -2.26. The number of rotatable bonds is 6. The van der Waals surface area contributed by atoms with E-state index in [-0.39, 0.29) is 11.7 Å². The third kappa shape index (κ3) is 3.19. The maximum absolute atomic E-state index is 14.7. The fourth-order valence-electron chi connectivity index (χ4n) is 3.65. The van der Waals surface area contributed by atoms with Crippen LogP contribution in [0.25, 0.3) is 11.3 Å². The fourth-order valence-corrected chi connectivity index (χ4v) is 3.78. The number of aromatic nitrogens is 2. The van der Waals surface area contributed by atoms with Crippen molar-refractivity contribution in [2.45, 2.75) is 12.5 Å². The molecule has 0 spiro atoms. The van der Waals surface area contributed by atoms with Gasteiger partial charge < -0.3 is 9.64 Å². The van der Waals surface area contributed by atoms with Gasteiger partial charge in [0.05, 0.1) is 11.7 Å². The van der Waals surface area contributed by atoms with Crippen molar-refractivity contribution in [3.8, 4) is 11.3 Å². The van der Waals surface area contributed by atoms with Crippen LogP contribution in [-0.4, -0.2) is 41.3 Å². The van der Waals surface area contributed by atoms with Crippen LogP contribution in [0, 0.1) is 5.82 Å². The van der Waals surface area contributed by atoms with Crippen LogP contribution in [0.15, 0.2) is 48.5 Å². The summed E-state index contributed by atoms with van der Waals surface area (Å²) < 4.78 is 19.8. The number of carbonyl (C=O) groups excluding carboxylic acids is 1. The van der Waals surface area contributed by atoms with Crippen LogP contribution < -0.4 is 0 Å². The molecule has 0 radical (unpaired) electrons. The van der Waals surface area contributed by atoms with Gasteiger partial charge in [0.2, 0.25) is 0 Å². The highest BCUT2D eigenvalue weighted by Crippen LogP contribution is 2.43. The third-order valence-corrected chi connectivity index (χ3v) is 5.18. The predicted octanol–water partition coefficient (Wildman–Crippen LogP) is 4.45. The minimum absolute atomic E-state index is 0.188. The number of nitrogens with zero attached hydrogens (tertiary/aromatic N) is 2. The molecule has 7 heteroatoms. The van der Waals surface area contributed by atoms with E-state index in [1.807, 2.05) is 12.1 Å². The first kappa shape index (κ1) is 18.7. The molecule has 2 aromatic carbocycles. The van der Waals surface area contributed by atoms with Gasteiger partial charge in [-0.2, -0.15) is 5.10 Å². The smallest absolute Gasteiger partial charge is 0.273 e. The molecule has 28 heavy (non-hydrogen) atoms. The van der Waals surface area contributed by atoms with E-state index in [1.54, 1.807) is 42.3 Å². The number of methoxy groups -OCH3 is 1. The lowest BCUT2D eigenvalue weighted by atomic mass is 9.95. The van der Waals surface area contributed by atoms with Gasteiger partial charge in [-0.1, -0.05) is 41.9 Å². The summed E-state index contributed by atoms with van der Waals surface area (Å²) in [5.41, 5.74) is 2.98. The molecule has 1 unspecified atom stereocenters. The van der Waals surface area contributed by atoms with Gasteiger partial charge in [0.25, 0.3) is 5.91 Å². The number of hydrogen-bond donors (Lipinski definition) is 1. The Morgan fingerprint density at radius 1 is 1.21 bits per heavy atom. The van der Waals surface area contributed by atoms with E-state index in [0.717, 1.165) is 5.56 Å². The first-order valence-corrected chi connectivity index (χ1v) is 9.38. The Morgan fingerprint density at radius 2 is 1.96 bits per heavy atom. The van der Waals surface area contributed by atoms with Crippen molar-refractivity contribution in [2.75, 3.05) is 20.3 Å². The molecule has 1 amide bonds. The van der Waals surface area contributed by atoms with Crippen molar-refractivity contribution in [1.82, 2.24) is 15.1 Å². The van der Waals surface area contributed by atoms with Crippen LogP contribution in [-0.2, 0) is 4.74 Å².